The first kappa shape index (κ1) is 17.9. The highest BCUT2D eigenvalue weighted by atomic mass is 19.4. The number of aromatic nitrogens is 2. The van der Waals surface area contributed by atoms with Crippen molar-refractivity contribution in [1.82, 2.24) is 14.9 Å². The maximum atomic E-state index is 12.3. The van der Waals surface area contributed by atoms with Crippen LogP contribution in [-0.2, 0) is 11.2 Å². The van der Waals surface area contributed by atoms with Crippen LogP contribution in [0.2, 0.25) is 0 Å². The monoisotopic (exact) mass is 332 g/mol. The Bertz CT molecular complexity index is 476. The average Bonchev–Trinajstić information content (AvgIpc) is 2.54. The third-order valence-corrected chi connectivity index (χ3v) is 3.78. The van der Waals surface area contributed by atoms with Gasteiger partial charge in [0.25, 0.3) is 0 Å². The Hall–Kier alpha value is -1.41. The number of nitrogens with zero attached hydrogens (tertiary/aromatic N) is 4. The van der Waals surface area contributed by atoms with Gasteiger partial charge in [-0.3, -0.25) is 4.90 Å². The number of halogens is 3. The lowest BCUT2D eigenvalue weighted by Gasteiger charge is -2.34. The van der Waals surface area contributed by atoms with Gasteiger partial charge in [-0.25, -0.2) is 9.97 Å². The minimum atomic E-state index is -4.16. The molecule has 23 heavy (non-hydrogen) atoms. The molecule has 2 heterocycles. The van der Waals surface area contributed by atoms with E-state index in [1.165, 1.54) is 6.20 Å². The molecule has 0 spiro atoms. The van der Waals surface area contributed by atoms with Crippen LogP contribution in [-0.4, -0.2) is 67.0 Å². The predicted molar refractivity (Wildman–Crippen MR) is 81.6 cm³/mol. The van der Waals surface area contributed by atoms with Gasteiger partial charge in [0.1, 0.15) is 0 Å². The van der Waals surface area contributed by atoms with E-state index in [0.717, 1.165) is 45.9 Å². The largest absolute Gasteiger partial charge is 0.389 e. The molecule has 0 bridgehead atoms. The number of anilines is 1. The second-order valence-corrected chi connectivity index (χ2v) is 5.49. The van der Waals surface area contributed by atoms with Crippen molar-refractivity contribution in [2.75, 3.05) is 50.8 Å². The van der Waals surface area contributed by atoms with Crippen molar-refractivity contribution < 1.29 is 17.9 Å². The van der Waals surface area contributed by atoms with Gasteiger partial charge in [0.05, 0.1) is 6.61 Å². The number of alkyl halides is 3. The summed E-state index contributed by atoms with van der Waals surface area (Å²) < 4.78 is 42.2. The zero-order chi connectivity index (χ0) is 16.7. The SMILES string of the molecule is CCOCCN1CCN(c2nccc(CCC(F)(F)F)n2)CC1. The molecular weight excluding hydrogens is 309 g/mol. The van der Waals surface area contributed by atoms with E-state index in [-0.39, 0.29) is 6.42 Å². The average molecular weight is 332 g/mol. The number of piperazine rings is 1. The summed E-state index contributed by atoms with van der Waals surface area (Å²) in [5.74, 6) is 0.522. The van der Waals surface area contributed by atoms with Crippen LogP contribution < -0.4 is 4.90 Å². The second kappa shape index (κ2) is 8.44. The zero-order valence-electron chi connectivity index (χ0n) is 13.3. The standard InChI is InChI=1S/C15H23F3N4O/c1-2-23-12-11-21-7-9-22(10-8-21)14-19-6-4-13(20-14)3-5-15(16,17)18/h4,6H,2-3,5,7-12H2,1H3. The molecule has 130 valence electrons. The molecule has 1 aromatic heterocycles. The Morgan fingerprint density at radius 2 is 1.96 bits per heavy atom. The van der Waals surface area contributed by atoms with E-state index in [0.29, 0.717) is 11.6 Å². The van der Waals surface area contributed by atoms with E-state index >= 15 is 0 Å². The zero-order valence-corrected chi connectivity index (χ0v) is 13.3. The third-order valence-electron chi connectivity index (χ3n) is 3.78. The fourth-order valence-electron chi connectivity index (χ4n) is 2.46. The lowest BCUT2D eigenvalue weighted by Crippen LogP contribution is -2.48. The summed E-state index contributed by atoms with van der Waals surface area (Å²) in [5, 5.41) is 0. The van der Waals surface area contributed by atoms with Crippen LogP contribution in [0.25, 0.3) is 0 Å². The summed E-state index contributed by atoms with van der Waals surface area (Å²) in [6, 6.07) is 1.55. The van der Waals surface area contributed by atoms with Crippen molar-refractivity contribution in [3.8, 4) is 0 Å². The van der Waals surface area contributed by atoms with Crippen LogP contribution in [0.1, 0.15) is 19.0 Å². The van der Waals surface area contributed by atoms with Gasteiger partial charge >= 0.3 is 6.18 Å². The topological polar surface area (TPSA) is 41.5 Å². The van der Waals surface area contributed by atoms with Gasteiger partial charge in [-0.15, -0.1) is 0 Å². The molecule has 0 aromatic carbocycles. The molecular formula is C15H23F3N4O. The van der Waals surface area contributed by atoms with Crippen molar-refractivity contribution in [2.45, 2.75) is 25.9 Å². The summed E-state index contributed by atoms with van der Waals surface area (Å²) >= 11 is 0. The molecule has 0 atom stereocenters. The lowest BCUT2D eigenvalue weighted by atomic mass is 10.2. The van der Waals surface area contributed by atoms with Gasteiger partial charge in [-0.2, -0.15) is 13.2 Å². The Balaban J connectivity index is 1.83. The summed E-state index contributed by atoms with van der Waals surface area (Å²) in [4.78, 5) is 12.8. The molecule has 0 aliphatic carbocycles. The van der Waals surface area contributed by atoms with Gasteiger partial charge < -0.3 is 9.64 Å². The van der Waals surface area contributed by atoms with E-state index in [4.69, 9.17) is 4.74 Å². The Morgan fingerprint density at radius 1 is 1.22 bits per heavy atom. The van der Waals surface area contributed by atoms with Crippen LogP contribution in [0.4, 0.5) is 19.1 Å². The molecule has 0 radical (unpaired) electrons. The quantitative estimate of drug-likeness (QED) is 0.716. The van der Waals surface area contributed by atoms with E-state index in [9.17, 15) is 13.2 Å². The molecule has 1 saturated heterocycles. The first-order chi connectivity index (χ1) is 11.0. The molecule has 1 aromatic rings. The molecule has 1 aliphatic heterocycles. The summed E-state index contributed by atoms with van der Waals surface area (Å²) in [6.07, 6.45) is -3.57. The maximum Gasteiger partial charge on any atom is 0.389 e. The van der Waals surface area contributed by atoms with Crippen molar-refractivity contribution in [3.05, 3.63) is 18.0 Å². The highest BCUT2D eigenvalue weighted by molar-refractivity contribution is 5.31. The number of hydrogen-bond donors (Lipinski definition) is 0. The molecule has 5 nitrogen and oxygen atoms in total. The molecule has 0 amide bonds. The lowest BCUT2D eigenvalue weighted by molar-refractivity contribution is -0.134. The fraction of sp³-hybridized carbons (Fsp3) is 0.733. The number of rotatable bonds is 7. The number of ether oxygens (including phenoxy) is 1. The minimum absolute atomic E-state index is 0.104. The van der Waals surface area contributed by atoms with Gasteiger partial charge in [-0.05, 0) is 19.4 Å². The van der Waals surface area contributed by atoms with Gasteiger partial charge in [0.2, 0.25) is 5.95 Å². The number of aryl methyl sites for hydroxylation is 1. The van der Waals surface area contributed by atoms with Crippen LogP contribution in [0.5, 0.6) is 0 Å². The van der Waals surface area contributed by atoms with Crippen LogP contribution in [0.3, 0.4) is 0 Å². The normalized spacial score (nSPS) is 16.8. The van der Waals surface area contributed by atoms with Crippen molar-refractivity contribution in [1.29, 1.82) is 0 Å². The first-order valence-electron chi connectivity index (χ1n) is 7.91. The van der Waals surface area contributed by atoms with E-state index in [1.54, 1.807) is 6.07 Å². The second-order valence-electron chi connectivity index (χ2n) is 5.49. The fourth-order valence-corrected chi connectivity index (χ4v) is 2.46. The summed E-state index contributed by atoms with van der Waals surface area (Å²) in [7, 11) is 0. The number of hydrogen-bond acceptors (Lipinski definition) is 5. The van der Waals surface area contributed by atoms with E-state index < -0.39 is 12.6 Å². The molecule has 8 heteroatoms. The van der Waals surface area contributed by atoms with Crippen LogP contribution in [0.15, 0.2) is 12.3 Å². The molecule has 2 rings (SSSR count). The predicted octanol–water partition coefficient (Wildman–Crippen LogP) is 2.13. The maximum absolute atomic E-state index is 12.3. The van der Waals surface area contributed by atoms with Crippen molar-refractivity contribution >= 4 is 5.95 Å². The van der Waals surface area contributed by atoms with E-state index in [1.807, 2.05) is 11.8 Å². The Kier molecular flexibility index (Phi) is 6.59. The highest BCUT2D eigenvalue weighted by Gasteiger charge is 2.27. The third kappa shape index (κ3) is 6.31. The molecule has 0 unspecified atom stereocenters. The molecule has 0 N–H and O–H groups in total. The van der Waals surface area contributed by atoms with Crippen LogP contribution >= 0.6 is 0 Å². The Labute approximate surface area is 134 Å². The first-order valence-corrected chi connectivity index (χ1v) is 7.91. The molecule has 1 aliphatic rings. The Morgan fingerprint density at radius 3 is 2.61 bits per heavy atom. The summed E-state index contributed by atoms with van der Waals surface area (Å²) in [5.41, 5.74) is 0.436. The summed E-state index contributed by atoms with van der Waals surface area (Å²) in [6.45, 7) is 7.61. The highest BCUT2D eigenvalue weighted by Crippen LogP contribution is 2.22. The van der Waals surface area contributed by atoms with Gasteiger partial charge in [0.15, 0.2) is 0 Å². The van der Waals surface area contributed by atoms with Crippen molar-refractivity contribution in [3.63, 3.8) is 0 Å². The minimum Gasteiger partial charge on any atom is -0.380 e. The van der Waals surface area contributed by atoms with Crippen LogP contribution in [0, 0.1) is 0 Å². The smallest absolute Gasteiger partial charge is 0.380 e. The van der Waals surface area contributed by atoms with Crippen molar-refractivity contribution in [2.24, 2.45) is 0 Å². The van der Waals surface area contributed by atoms with Gasteiger partial charge in [-0.1, -0.05) is 0 Å². The molecule has 1 fully saturated rings. The van der Waals surface area contributed by atoms with E-state index in [2.05, 4.69) is 14.9 Å². The molecule has 0 saturated carbocycles. The van der Waals surface area contributed by atoms with Gasteiger partial charge in [0, 0.05) is 57.6 Å².